The highest BCUT2D eigenvalue weighted by Crippen LogP contribution is 2.18. The Morgan fingerprint density at radius 2 is 1.96 bits per heavy atom. The Bertz CT molecular complexity index is 891. The maximum Gasteiger partial charge on any atom is 0.253 e. The Balaban J connectivity index is 1.67. The highest BCUT2D eigenvalue weighted by molar-refractivity contribution is 7.98. The van der Waals surface area contributed by atoms with E-state index in [1.54, 1.807) is 4.52 Å². The largest absolute Gasteiger partial charge is 0.352 e. The summed E-state index contributed by atoms with van der Waals surface area (Å²) < 4.78 is 1.76. The molecule has 7 heteroatoms. The van der Waals surface area contributed by atoms with E-state index in [0.717, 1.165) is 22.5 Å². The summed E-state index contributed by atoms with van der Waals surface area (Å²) in [6, 6.07) is 9.90. The SMILES string of the molecule is CSc1nc2nc(C)c(CCC(=O)NCc3ccccc3)c(C)n2n1. The van der Waals surface area contributed by atoms with Crippen molar-refractivity contribution in [1.29, 1.82) is 0 Å². The number of fused-ring (bicyclic) bond motifs is 1. The molecule has 2 heterocycles. The van der Waals surface area contributed by atoms with Gasteiger partial charge in [0, 0.05) is 24.4 Å². The first kappa shape index (κ1) is 17.4. The molecule has 0 atom stereocenters. The predicted octanol–water partition coefficient (Wildman–Crippen LogP) is 2.71. The van der Waals surface area contributed by atoms with E-state index in [9.17, 15) is 4.79 Å². The molecule has 1 N–H and O–H groups in total. The van der Waals surface area contributed by atoms with Gasteiger partial charge in [0.25, 0.3) is 5.78 Å². The molecule has 0 aliphatic heterocycles. The van der Waals surface area contributed by atoms with Gasteiger partial charge in [-0.1, -0.05) is 42.1 Å². The number of amides is 1. The van der Waals surface area contributed by atoms with E-state index in [0.29, 0.717) is 30.3 Å². The van der Waals surface area contributed by atoms with Crippen LogP contribution in [0.5, 0.6) is 0 Å². The molecule has 0 fully saturated rings. The van der Waals surface area contributed by atoms with E-state index in [1.165, 1.54) is 11.8 Å². The lowest BCUT2D eigenvalue weighted by Gasteiger charge is -2.10. The molecule has 3 rings (SSSR count). The standard InChI is InChI=1S/C18H21N5OS/c1-12-15(13(2)23-17(20-12)21-18(22-23)25-3)9-10-16(24)19-11-14-7-5-4-6-8-14/h4-8H,9-11H2,1-3H3,(H,19,24). The molecule has 0 unspecified atom stereocenters. The van der Waals surface area contributed by atoms with Gasteiger partial charge < -0.3 is 5.32 Å². The molecule has 1 aromatic carbocycles. The van der Waals surface area contributed by atoms with Gasteiger partial charge in [-0.3, -0.25) is 4.79 Å². The van der Waals surface area contributed by atoms with Gasteiger partial charge in [0.15, 0.2) is 0 Å². The lowest BCUT2D eigenvalue weighted by atomic mass is 10.1. The van der Waals surface area contributed by atoms with E-state index in [4.69, 9.17) is 0 Å². The molecule has 0 radical (unpaired) electrons. The van der Waals surface area contributed by atoms with E-state index in [1.807, 2.05) is 50.4 Å². The first-order valence-corrected chi connectivity index (χ1v) is 9.38. The van der Waals surface area contributed by atoms with Crippen LogP contribution in [-0.4, -0.2) is 31.7 Å². The average Bonchev–Trinajstić information content (AvgIpc) is 3.04. The maximum atomic E-state index is 12.2. The van der Waals surface area contributed by atoms with Crippen LogP contribution in [0.15, 0.2) is 35.5 Å². The first-order chi connectivity index (χ1) is 12.1. The molecule has 0 spiro atoms. The molecule has 0 aliphatic carbocycles. The van der Waals surface area contributed by atoms with Crippen LogP contribution in [0.4, 0.5) is 0 Å². The Hall–Kier alpha value is -2.41. The van der Waals surface area contributed by atoms with Crippen molar-refractivity contribution < 1.29 is 4.79 Å². The number of benzene rings is 1. The Labute approximate surface area is 151 Å². The minimum Gasteiger partial charge on any atom is -0.352 e. The third-order valence-electron chi connectivity index (χ3n) is 4.15. The normalized spacial score (nSPS) is 11.0. The van der Waals surface area contributed by atoms with Gasteiger partial charge in [0.1, 0.15) is 0 Å². The Kier molecular flexibility index (Phi) is 5.33. The third kappa shape index (κ3) is 3.99. The van der Waals surface area contributed by atoms with E-state index >= 15 is 0 Å². The number of carbonyl (C=O) groups is 1. The number of rotatable bonds is 6. The molecule has 1 amide bonds. The van der Waals surface area contributed by atoms with Crippen molar-refractivity contribution in [2.24, 2.45) is 0 Å². The van der Waals surface area contributed by atoms with Crippen LogP contribution in [0, 0.1) is 13.8 Å². The monoisotopic (exact) mass is 355 g/mol. The fourth-order valence-corrected chi connectivity index (χ4v) is 3.10. The number of nitrogens with zero attached hydrogens (tertiary/aromatic N) is 4. The highest BCUT2D eigenvalue weighted by atomic mass is 32.2. The van der Waals surface area contributed by atoms with Gasteiger partial charge in [0.05, 0.1) is 0 Å². The Morgan fingerprint density at radius 1 is 1.20 bits per heavy atom. The third-order valence-corrected chi connectivity index (χ3v) is 4.68. The van der Waals surface area contributed by atoms with Crippen molar-refractivity contribution in [2.75, 3.05) is 6.26 Å². The highest BCUT2D eigenvalue weighted by Gasteiger charge is 2.14. The van der Waals surface area contributed by atoms with Gasteiger partial charge >= 0.3 is 0 Å². The molecule has 2 aromatic heterocycles. The summed E-state index contributed by atoms with van der Waals surface area (Å²) in [4.78, 5) is 21.1. The smallest absolute Gasteiger partial charge is 0.253 e. The predicted molar refractivity (Wildman–Crippen MR) is 98.6 cm³/mol. The number of nitrogens with one attached hydrogen (secondary N) is 1. The van der Waals surface area contributed by atoms with Crippen LogP contribution < -0.4 is 5.32 Å². The van der Waals surface area contributed by atoms with Gasteiger partial charge in [-0.25, -0.2) is 9.50 Å². The molecule has 25 heavy (non-hydrogen) atoms. The van der Waals surface area contributed by atoms with Crippen molar-refractivity contribution in [3.63, 3.8) is 0 Å². The number of hydrogen-bond donors (Lipinski definition) is 1. The molecule has 6 nitrogen and oxygen atoms in total. The minimum atomic E-state index is 0.0335. The molecular formula is C18H21N5OS. The van der Waals surface area contributed by atoms with Crippen molar-refractivity contribution in [3.8, 4) is 0 Å². The number of thioether (sulfide) groups is 1. The molecule has 3 aromatic rings. The van der Waals surface area contributed by atoms with Crippen molar-refractivity contribution in [1.82, 2.24) is 24.9 Å². The second kappa shape index (κ2) is 7.65. The molecule has 0 saturated heterocycles. The van der Waals surface area contributed by atoms with Gasteiger partial charge in [-0.2, -0.15) is 4.98 Å². The summed E-state index contributed by atoms with van der Waals surface area (Å²) in [5, 5.41) is 8.10. The molecule has 130 valence electrons. The summed E-state index contributed by atoms with van der Waals surface area (Å²) in [6.07, 6.45) is 3.00. The zero-order valence-corrected chi connectivity index (χ0v) is 15.4. The summed E-state index contributed by atoms with van der Waals surface area (Å²) >= 11 is 1.49. The average molecular weight is 355 g/mol. The van der Waals surface area contributed by atoms with Crippen LogP contribution in [0.1, 0.15) is 28.9 Å². The minimum absolute atomic E-state index is 0.0335. The van der Waals surface area contributed by atoms with E-state index in [2.05, 4.69) is 20.4 Å². The molecular weight excluding hydrogens is 334 g/mol. The number of hydrogen-bond acceptors (Lipinski definition) is 5. The lowest BCUT2D eigenvalue weighted by Crippen LogP contribution is -2.23. The Morgan fingerprint density at radius 3 is 2.68 bits per heavy atom. The lowest BCUT2D eigenvalue weighted by molar-refractivity contribution is -0.121. The van der Waals surface area contributed by atoms with Crippen LogP contribution in [0.2, 0.25) is 0 Å². The van der Waals surface area contributed by atoms with Gasteiger partial charge in [-0.15, -0.1) is 5.10 Å². The van der Waals surface area contributed by atoms with Gasteiger partial charge in [0.2, 0.25) is 11.1 Å². The zero-order chi connectivity index (χ0) is 17.8. The number of carbonyl (C=O) groups excluding carboxylic acids is 1. The summed E-state index contributed by atoms with van der Waals surface area (Å²) in [6.45, 7) is 4.50. The zero-order valence-electron chi connectivity index (χ0n) is 14.6. The summed E-state index contributed by atoms with van der Waals surface area (Å²) in [5.41, 5.74) is 4.05. The number of aryl methyl sites for hydroxylation is 2. The maximum absolute atomic E-state index is 12.2. The topological polar surface area (TPSA) is 72.2 Å². The van der Waals surface area contributed by atoms with Crippen LogP contribution in [0.25, 0.3) is 5.78 Å². The van der Waals surface area contributed by atoms with Crippen molar-refractivity contribution in [3.05, 3.63) is 52.8 Å². The van der Waals surface area contributed by atoms with Crippen molar-refractivity contribution >= 4 is 23.4 Å². The van der Waals surface area contributed by atoms with Crippen molar-refractivity contribution in [2.45, 2.75) is 38.4 Å². The van der Waals surface area contributed by atoms with E-state index in [-0.39, 0.29) is 5.91 Å². The second-order valence-electron chi connectivity index (χ2n) is 5.83. The fraction of sp³-hybridized carbons (Fsp3) is 0.333. The fourth-order valence-electron chi connectivity index (χ4n) is 2.76. The van der Waals surface area contributed by atoms with Crippen LogP contribution in [0.3, 0.4) is 0 Å². The second-order valence-corrected chi connectivity index (χ2v) is 6.61. The molecule has 0 bridgehead atoms. The molecule has 0 aliphatic rings. The molecule has 0 saturated carbocycles. The quantitative estimate of drug-likeness (QED) is 0.688. The van der Waals surface area contributed by atoms with Crippen LogP contribution in [-0.2, 0) is 17.8 Å². The summed E-state index contributed by atoms with van der Waals surface area (Å²) in [7, 11) is 0. The number of aromatic nitrogens is 4. The van der Waals surface area contributed by atoms with Crippen LogP contribution >= 0.6 is 11.8 Å². The van der Waals surface area contributed by atoms with E-state index < -0.39 is 0 Å². The van der Waals surface area contributed by atoms with Gasteiger partial charge in [-0.05, 0) is 37.7 Å². The first-order valence-electron chi connectivity index (χ1n) is 8.16. The summed E-state index contributed by atoms with van der Waals surface area (Å²) in [5.74, 6) is 0.641.